The Morgan fingerprint density at radius 3 is 2.02 bits per heavy atom. The van der Waals surface area contributed by atoms with E-state index in [-0.39, 0.29) is 28.4 Å². The Labute approximate surface area is 254 Å². The molecule has 0 saturated carbocycles. The Hall–Kier alpha value is -4.09. The van der Waals surface area contributed by atoms with Crippen LogP contribution in [0.1, 0.15) is 20.8 Å². The fourth-order valence-electron chi connectivity index (χ4n) is 5.50. The molecule has 0 spiro atoms. The Kier molecular flexibility index (Phi) is 8.88. The van der Waals surface area contributed by atoms with Crippen molar-refractivity contribution >= 4 is 22.5 Å². The fraction of sp³-hybridized carbons (Fsp3) is 0.433. The molecule has 15 heteroatoms. The highest BCUT2D eigenvalue weighted by Gasteiger charge is 2.50. The zero-order valence-corrected chi connectivity index (χ0v) is 24.1. The molecule has 2 aliphatic rings. The normalized spacial score (nSPS) is 31.8. The van der Waals surface area contributed by atoms with Crippen LogP contribution in [0.25, 0.3) is 22.3 Å². The largest absolute Gasteiger partial charge is 0.508 e. The second kappa shape index (κ2) is 12.4. The van der Waals surface area contributed by atoms with Gasteiger partial charge in [0.05, 0.1) is 17.9 Å². The molecule has 0 aliphatic carbocycles. The standard InChI is InChI=1S/C30H32O15/c1-10(31)18-19(11(2)32)28(40)45-29(23(18)37)44-27-22(36)20-16(34)8-15(42-30-25(39)24(38)21(35)12(3)41-30)9-17(20)43-26(27)13-4-6-14(33)7-5-13/h4-9,12,18-19,21,23-25,28-30,33-35,37-40H,1-3H3/t12-,18+,19+,21-,23-,24+,25-,28+,29-,30+/m1/s1. The summed E-state index contributed by atoms with van der Waals surface area (Å²) in [7, 11) is 0. The number of fused-ring (bicyclic) bond motifs is 1. The lowest BCUT2D eigenvalue weighted by molar-refractivity contribution is -0.288. The van der Waals surface area contributed by atoms with Gasteiger partial charge >= 0.3 is 0 Å². The van der Waals surface area contributed by atoms with Crippen molar-refractivity contribution in [1.29, 1.82) is 0 Å². The van der Waals surface area contributed by atoms with E-state index >= 15 is 0 Å². The van der Waals surface area contributed by atoms with Crippen molar-refractivity contribution < 1.29 is 68.7 Å². The summed E-state index contributed by atoms with van der Waals surface area (Å²) in [5, 5.41) is 72.2. The van der Waals surface area contributed by atoms with E-state index < -0.39 is 95.1 Å². The van der Waals surface area contributed by atoms with E-state index in [4.69, 9.17) is 23.4 Å². The molecule has 0 bridgehead atoms. The van der Waals surface area contributed by atoms with Crippen LogP contribution < -0.4 is 14.9 Å². The van der Waals surface area contributed by atoms with E-state index in [1.807, 2.05) is 0 Å². The number of aliphatic hydroxyl groups excluding tert-OH is 5. The molecule has 2 aromatic carbocycles. The van der Waals surface area contributed by atoms with Gasteiger partial charge in [-0.1, -0.05) is 0 Å². The second-order valence-electron chi connectivity index (χ2n) is 11.0. The zero-order chi connectivity index (χ0) is 32.9. The molecule has 1 aromatic heterocycles. The molecule has 10 atom stereocenters. The summed E-state index contributed by atoms with van der Waals surface area (Å²) in [6.45, 7) is 3.68. The van der Waals surface area contributed by atoms with Crippen LogP contribution in [-0.2, 0) is 19.1 Å². The molecule has 3 heterocycles. The Morgan fingerprint density at radius 1 is 0.778 bits per heavy atom. The first-order chi connectivity index (χ1) is 21.2. The first kappa shape index (κ1) is 32.3. The number of benzene rings is 2. The van der Waals surface area contributed by atoms with Crippen LogP contribution in [0, 0.1) is 11.8 Å². The van der Waals surface area contributed by atoms with Crippen LogP contribution >= 0.6 is 0 Å². The number of ketones is 2. The quantitative estimate of drug-likeness (QED) is 0.180. The highest BCUT2D eigenvalue weighted by atomic mass is 16.7. The monoisotopic (exact) mass is 632 g/mol. The van der Waals surface area contributed by atoms with Crippen LogP contribution in [0.5, 0.6) is 23.0 Å². The second-order valence-corrected chi connectivity index (χ2v) is 11.0. The van der Waals surface area contributed by atoms with Crippen molar-refractivity contribution in [3.8, 4) is 34.3 Å². The predicted octanol–water partition coefficient (Wildman–Crippen LogP) is -0.0977. The molecule has 0 unspecified atom stereocenters. The van der Waals surface area contributed by atoms with E-state index in [2.05, 4.69) is 0 Å². The number of aliphatic hydroxyl groups is 5. The van der Waals surface area contributed by atoms with Gasteiger partial charge in [-0.05, 0) is 45.0 Å². The Balaban J connectivity index is 1.59. The summed E-state index contributed by atoms with van der Waals surface area (Å²) in [4.78, 5) is 38.4. The lowest BCUT2D eigenvalue weighted by Gasteiger charge is -2.40. The Bertz CT molecular complexity index is 1650. The Morgan fingerprint density at radius 2 is 1.40 bits per heavy atom. The van der Waals surface area contributed by atoms with E-state index in [1.54, 1.807) is 0 Å². The van der Waals surface area contributed by atoms with Crippen molar-refractivity contribution in [3.05, 3.63) is 46.6 Å². The van der Waals surface area contributed by atoms with Crippen molar-refractivity contribution in [2.75, 3.05) is 0 Å². The number of aromatic hydroxyl groups is 2. The third kappa shape index (κ3) is 5.98. The fourth-order valence-corrected chi connectivity index (χ4v) is 5.50. The number of ether oxygens (including phenoxy) is 4. The van der Waals surface area contributed by atoms with Gasteiger partial charge in [0.2, 0.25) is 23.8 Å². The van der Waals surface area contributed by atoms with Gasteiger partial charge in [0.1, 0.15) is 64.2 Å². The molecular formula is C30H32O15. The van der Waals surface area contributed by atoms with Gasteiger partial charge < -0.3 is 59.1 Å². The van der Waals surface area contributed by atoms with Gasteiger partial charge in [0, 0.05) is 17.7 Å². The highest BCUT2D eigenvalue weighted by molar-refractivity contribution is 5.89. The number of phenolic OH excluding ortho intramolecular Hbond substituents is 2. The van der Waals surface area contributed by atoms with Crippen molar-refractivity contribution in [3.63, 3.8) is 0 Å². The van der Waals surface area contributed by atoms with Gasteiger partial charge in [0.15, 0.2) is 12.1 Å². The summed E-state index contributed by atoms with van der Waals surface area (Å²) < 4.78 is 28.1. The smallest absolute Gasteiger partial charge is 0.239 e. The molecule has 242 valence electrons. The summed E-state index contributed by atoms with van der Waals surface area (Å²) >= 11 is 0. The molecule has 2 aliphatic heterocycles. The molecule has 0 amide bonds. The summed E-state index contributed by atoms with van der Waals surface area (Å²) in [6, 6.07) is 7.47. The molecule has 15 nitrogen and oxygen atoms in total. The number of carbonyl (C=O) groups excluding carboxylic acids is 2. The average molecular weight is 633 g/mol. The minimum absolute atomic E-state index is 0.126. The third-order valence-electron chi connectivity index (χ3n) is 7.88. The maximum absolute atomic E-state index is 13.9. The van der Waals surface area contributed by atoms with Gasteiger partial charge in [-0.3, -0.25) is 14.4 Å². The third-order valence-corrected chi connectivity index (χ3v) is 7.88. The van der Waals surface area contributed by atoms with Crippen molar-refractivity contribution in [1.82, 2.24) is 0 Å². The van der Waals surface area contributed by atoms with Gasteiger partial charge in [-0.2, -0.15) is 0 Å². The molecule has 0 radical (unpaired) electrons. The molecule has 2 saturated heterocycles. The number of hydrogen-bond donors (Lipinski definition) is 7. The van der Waals surface area contributed by atoms with Crippen LogP contribution in [-0.4, -0.2) is 96.7 Å². The summed E-state index contributed by atoms with van der Waals surface area (Å²) in [6.07, 6.45) is -12.6. The first-order valence-electron chi connectivity index (χ1n) is 13.9. The van der Waals surface area contributed by atoms with E-state index in [9.17, 15) is 50.1 Å². The van der Waals surface area contributed by atoms with E-state index in [1.165, 1.54) is 37.3 Å². The number of phenols is 2. The van der Waals surface area contributed by atoms with Gasteiger partial charge in [-0.15, -0.1) is 0 Å². The van der Waals surface area contributed by atoms with E-state index in [0.29, 0.717) is 0 Å². The molecular weight excluding hydrogens is 600 g/mol. The first-order valence-corrected chi connectivity index (χ1v) is 13.9. The summed E-state index contributed by atoms with van der Waals surface area (Å²) in [5.74, 6) is -5.97. The van der Waals surface area contributed by atoms with Crippen LogP contribution in [0.15, 0.2) is 45.6 Å². The average Bonchev–Trinajstić information content (AvgIpc) is 2.97. The minimum atomic E-state index is -1.87. The highest BCUT2D eigenvalue weighted by Crippen LogP contribution is 2.39. The minimum Gasteiger partial charge on any atom is -0.508 e. The maximum Gasteiger partial charge on any atom is 0.239 e. The molecule has 3 aromatic rings. The van der Waals surface area contributed by atoms with Crippen molar-refractivity contribution in [2.24, 2.45) is 11.8 Å². The molecule has 45 heavy (non-hydrogen) atoms. The maximum atomic E-state index is 13.9. The number of Topliss-reactive ketones (excluding diaryl/α,β-unsaturated/α-hetero) is 2. The lowest BCUT2D eigenvalue weighted by atomic mass is 9.79. The SMILES string of the molecule is CC(=O)[C@@H]1[C@@H](O)[C@H](Oc2c(-c3ccc(O)cc3)oc3cc(O[C@@H]4O[C@H](C)[C@@H](O)[C@H](O)[C@H]4O)cc(O)c3c2=O)O[C@H](O)[C@H]1C(C)=O. The number of carbonyl (C=O) groups is 2. The number of hydrogen-bond acceptors (Lipinski definition) is 15. The van der Waals surface area contributed by atoms with Crippen LogP contribution in [0.3, 0.4) is 0 Å². The van der Waals surface area contributed by atoms with Crippen LogP contribution in [0.2, 0.25) is 0 Å². The van der Waals surface area contributed by atoms with Gasteiger partial charge in [0.25, 0.3) is 0 Å². The lowest BCUT2D eigenvalue weighted by Crippen LogP contribution is -2.58. The summed E-state index contributed by atoms with van der Waals surface area (Å²) in [5.41, 5.74) is -1.07. The van der Waals surface area contributed by atoms with Gasteiger partial charge in [-0.25, -0.2) is 0 Å². The van der Waals surface area contributed by atoms with E-state index in [0.717, 1.165) is 19.9 Å². The molecule has 5 rings (SSSR count). The van der Waals surface area contributed by atoms with Crippen LogP contribution in [0.4, 0.5) is 0 Å². The predicted molar refractivity (Wildman–Crippen MR) is 150 cm³/mol. The number of rotatable bonds is 7. The topological polar surface area (TPSA) is 243 Å². The van der Waals surface area contributed by atoms with Crippen molar-refractivity contribution in [2.45, 2.75) is 70.2 Å². The molecule has 7 N–H and O–H groups in total. The molecule has 2 fully saturated rings. The zero-order valence-electron chi connectivity index (χ0n) is 24.1.